The molecule has 1 nitrogen and oxygen atoms in total. The zero-order valence-corrected chi connectivity index (χ0v) is 9.64. The van der Waals surface area contributed by atoms with Crippen molar-refractivity contribution in [2.45, 2.75) is 13.8 Å². The standard InChI is InChI=1S/C15H15N/c1-12-3-6-14(7-4-12)9-10-15-8-5-13(2)16-11-15/h3-11H,1-2H3. The van der Waals surface area contributed by atoms with E-state index in [1.165, 1.54) is 11.1 Å². The second kappa shape index (κ2) is 4.75. The predicted molar refractivity (Wildman–Crippen MR) is 69.1 cm³/mol. The van der Waals surface area contributed by atoms with Crippen molar-refractivity contribution >= 4 is 12.2 Å². The summed E-state index contributed by atoms with van der Waals surface area (Å²) in [5.41, 5.74) is 4.68. The summed E-state index contributed by atoms with van der Waals surface area (Å²) in [6.07, 6.45) is 6.07. The monoisotopic (exact) mass is 209 g/mol. The van der Waals surface area contributed by atoms with Gasteiger partial charge in [0.05, 0.1) is 0 Å². The van der Waals surface area contributed by atoms with E-state index in [9.17, 15) is 0 Å². The minimum atomic E-state index is 1.05. The number of aromatic nitrogens is 1. The van der Waals surface area contributed by atoms with Crippen LogP contribution >= 0.6 is 0 Å². The topological polar surface area (TPSA) is 12.9 Å². The number of benzene rings is 1. The Hall–Kier alpha value is -1.89. The molecule has 1 heteroatoms. The van der Waals surface area contributed by atoms with E-state index in [-0.39, 0.29) is 0 Å². The molecule has 0 N–H and O–H groups in total. The lowest BCUT2D eigenvalue weighted by Gasteiger charge is -1.96. The van der Waals surface area contributed by atoms with Gasteiger partial charge >= 0.3 is 0 Å². The van der Waals surface area contributed by atoms with Gasteiger partial charge < -0.3 is 0 Å². The van der Waals surface area contributed by atoms with E-state index in [0.717, 1.165) is 11.3 Å². The van der Waals surface area contributed by atoms with Crippen LogP contribution in [0.5, 0.6) is 0 Å². The number of hydrogen-bond donors (Lipinski definition) is 0. The lowest BCUT2D eigenvalue weighted by Crippen LogP contribution is -1.80. The molecular weight excluding hydrogens is 194 g/mol. The smallest absolute Gasteiger partial charge is 0.0373 e. The van der Waals surface area contributed by atoms with Crippen LogP contribution in [0, 0.1) is 13.8 Å². The highest BCUT2D eigenvalue weighted by Crippen LogP contribution is 2.09. The molecule has 0 spiro atoms. The number of nitrogens with zero attached hydrogens (tertiary/aromatic N) is 1. The highest BCUT2D eigenvalue weighted by atomic mass is 14.6. The first-order chi connectivity index (χ1) is 7.74. The van der Waals surface area contributed by atoms with Gasteiger partial charge in [-0.15, -0.1) is 0 Å². The van der Waals surface area contributed by atoms with E-state index >= 15 is 0 Å². The first-order valence-electron chi connectivity index (χ1n) is 5.41. The molecule has 0 saturated carbocycles. The molecule has 0 radical (unpaired) electrons. The molecule has 0 saturated heterocycles. The minimum absolute atomic E-state index is 1.05. The Morgan fingerprint density at radius 1 is 0.812 bits per heavy atom. The predicted octanol–water partition coefficient (Wildman–Crippen LogP) is 3.87. The molecule has 0 bridgehead atoms. The molecule has 2 rings (SSSR count). The molecule has 0 atom stereocenters. The normalized spacial score (nSPS) is 10.9. The number of aryl methyl sites for hydroxylation is 2. The van der Waals surface area contributed by atoms with Crippen LogP contribution in [-0.2, 0) is 0 Å². The third-order valence-electron chi connectivity index (χ3n) is 2.48. The van der Waals surface area contributed by atoms with E-state index in [1.54, 1.807) is 0 Å². The fraction of sp³-hybridized carbons (Fsp3) is 0.133. The van der Waals surface area contributed by atoms with Gasteiger partial charge in [0.25, 0.3) is 0 Å². The fourth-order valence-electron chi connectivity index (χ4n) is 1.45. The summed E-state index contributed by atoms with van der Waals surface area (Å²) in [5, 5.41) is 0. The van der Waals surface area contributed by atoms with E-state index in [2.05, 4.69) is 54.4 Å². The van der Waals surface area contributed by atoms with Gasteiger partial charge in [-0.05, 0) is 31.0 Å². The van der Waals surface area contributed by atoms with Gasteiger partial charge in [0.1, 0.15) is 0 Å². The lowest BCUT2D eigenvalue weighted by molar-refractivity contribution is 1.19. The van der Waals surface area contributed by atoms with E-state index in [4.69, 9.17) is 0 Å². The first-order valence-corrected chi connectivity index (χ1v) is 5.41. The average Bonchev–Trinajstić information content (AvgIpc) is 2.30. The molecular formula is C15H15N. The van der Waals surface area contributed by atoms with Crippen LogP contribution < -0.4 is 0 Å². The molecule has 1 aromatic heterocycles. The molecule has 0 amide bonds. The summed E-state index contributed by atoms with van der Waals surface area (Å²) in [6.45, 7) is 4.09. The molecule has 2 aromatic rings. The Bertz CT molecular complexity index is 430. The molecule has 16 heavy (non-hydrogen) atoms. The van der Waals surface area contributed by atoms with Crippen molar-refractivity contribution < 1.29 is 0 Å². The van der Waals surface area contributed by atoms with Crippen LogP contribution in [-0.4, -0.2) is 4.98 Å². The van der Waals surface area contributed by atoms with Crippen molar-refractivity contribution in [3.63, 3.8) is 0 Å². The summed E-state index contributed by atoms with van der Waals surface area (Å²) < 4.78 is 0. The van der Waals surface area contributed by atoms with Crippen LogP contribution in [0.2, 0.25) is 0 Å². The van der Waals surface area contributed by atoms with Crippen molar-refractivity contribution in [2.24, 2.45) is 0 Å². The third kappa shape index (κ3) is 2.80. The summed E-state index contributed by atoms with van der Waals surface area (Å²) in [5.74, 6) is 0. The van der Waals surface area contributed by atoms with Gasteiger partial charge in [0.2, 0.25) is 0 Å². The van der Waals surface area contributed by atoms with E-state index in [0.29, 0.717) is 0 Å². The van der Waals surface area contributed by atoms with E-state index < -0.39 is 0 Å². The van der Waals surface area contributed by atoms with Crippen molar-refractivity contribution in [2.75, 3.05) is 0 Å². The third-order valence-corrected chi connectivity index (χ3v) is 2.48. The Balaban J connectivity index is 2.15. The molecule has 0 aliphatic heterocycles. The average molecular weight is 209 g/mol. The maximum Gasteiger partial charge on any atom is 0.0373 e. The highest BCUT2D eigenvalue weighted by molar-refractivity contribution is 5.69. The Morgan fingerprint density at radius 2 is 1.44 bits per heavy atom. The van der Waals surface area contributed by atoms with Crippen molar-refractivity contribution in [1.29, 1.82) is 0 Å². The zero-order valence-electron chi connectivity index (χ0n) is 9.64. The largest absolute Gasteiger partial charge is 0.261 e. The zero-order chi connectivity index (χ0) is 11.4. The summed E-state index contributed by atoms with van der Waals surface area (Å²) in [4.78, 5) is 4.25. The van der Waals surface area contributed by atoms with Crippen LogP contribution in [0.15, 0.2) is 42.6 Å². The maximum absolute atomic E-state index is 4.25. The van der Waals surface area contributed by atoms with Gasteiger partial charge in [-0.3, -0.25) is 4.98 Å². The Kier molecular flexibility index (Phi) is 3.16. The van der Waals surface area contributed by atoms with Gasteiger partial charge in [-0.1, -0.05) is 48.0 Å². The summed E-state index contributed by atoms with van der Waals surface area (Å²) >= 11 is 0. The molecule has 0 aliphatic rings. The van der Waals surface area contributed by atoms with Gasteiger partial charge in [0.15, 0.2) is 0 Å². The SMILES string of the molecule is Cc1ccc(C=Cc2ccc(C)nc2)cc1. The van der Waals surface area contributed by atoms with Crippen LogP contribution in [0.25, 0.3) is 12.2 Å². The molecule has 80 valence electrons. The Labute approximate surface area is 96.5 Å². The molecule has 1 heterocycles. The van der Waals surface area contributed by atoms with E-state index in [1.807, 2.05) is 19.2 Å². The summed E-state index contributed by atoms with van der Waals surface area (Å²) in [6, 6.07) is 12.6. The fourth-order valence-corrected chi connectivity index (χ4v) is 1.45. The van der Waals surface area contributed by atoms with Crippen LogP contribution in [0.3, 0.4) is 0 Å². The van der Waals surface area contributed by atoms with Gasteiger partial charge in [-0.2, -0.15) is 0 Å². The molecule has 0 aliphatic carbocycles. The number of rotatable bonds is 2. The molecule has 0 fully saturated rings. The highest BCUT2D eigenvalue weighted by Gasteiger charge is 1.89. The Morgan fingerprint density at radius 3 is 2.06 bits per heavy atom. The van der Waals surface area contributed by atoms with Crippen molar-refractivity contribution in [1.82, 2.24) is 4.98 Å². The quantitative estimate of drug-likeness (QED) is 0.731. The van der Waals surface area contributed by atoms with Crippen LogP contribution in [0.4, 0.5) is 0 Å². The van der Waals surface area contributed by atoms with Crippen molar-refractivity contribution in [3.8, 4) is 0 Å². The van der Waals surface area contributed by atoms with Crippen LogP contribution in [0.1, 0.15) is 22.4 Å². The van der Waals surface area contributed by atoms with Crippen molar-refractivity contribution in [3.05, 3.63) is 65.0 Å². The van der Waals surface area contributed by atoms with Gasteiger partial charge in [0, 0.05) is 11.9 Å². The number of hydrogen-bond acceptors (Lipinski definition) is 1. The first kappa shape index (κ1) is 10.6. The summed E-state index contributed by atoms with van der Waals surface area (Å²) in [7, 11) is 0. The lowest BCUT2D eigenvalue weighted by atomic mass is 10.1. The molecule has 0 unspecified atom stereocenters. The second-order valence-corrected chi connectivity index (χ2v) is 3.98. The number of pyridine rings is 1. The maximum atomic E-state index is 4.25. The minimum Gasteiger partial charge on any atom is -0.261 e. The second-order valence-electron chi connectivity index (χ2n) is 3.98. The molecule has 1 aromatic carbocycles. The van der Waals surface area contributed by atoms with Gasteiger partial charge in [-0.25, -0.2) is 0 Å².